The first-order valence-electron chi connectivity index (χ1n) is 4.83. The van der Waals surface area contributed by atoms with Gasteiger partial charge in [0.2, 0.25) is 0 Å². The van der Waals surface area contributed by atoms with E-state index in [1.165, 1.54) is 5.46 Å². The number of aromatic nitrogens is 3. The molecule has 0 aliphatic carbocycles. The third-order valence-corrected chi connectivity index (χ3v) is 3.58. The van der Waals surface area contributed by atoms with Gasteiger partial charge in [-0.05, 0) is 12.1 Å². The molecule has 0 saturated carbocycles. The molecule has 3 heterocycles. The molecule has 0 unspecified atom stereocenters. The summed E-state index contributed by atoms with van der Waals surface area (Å²) in [5.41, 5.74) is 2.97. The fourth-order valence-corrected chi connectivity index (χ4v) is 2.65. The Morgan fingerprint density at radius 2 is 2.25 bits per heavy atom. The molecule has 16 heavy (non-hydrogen) atoms. The number of hydrogen-bond acceptors (Lipinski definition) is 4. The van der Waals surface area contributed by atoms with Crippen LogP contribution in [0.3, 0.4) is 0 Å². The number of hydrogen-bond donors (Lipinski definition) is 1. The van der Waals surface area contributed by atoms with Gasteiger partial charge >= 0.3 is 0 Å². The quantitative estimate of drug-likeness (QED) is 0.514. The second-order valence-electron chi connectivity index (χ2n) is 3.56. The van der Waals surface area contributed by atoms with Crippen molar-refractivity contribution in [3.8, 4) is 10.7 Å². The van der Waals surface area contributed by atoms with Gasteiger partial charge in [0, 0.05) is 23.2 Å². The van der Waals surface area contributed by atoms with Gasteiger partial charge in [-0.15, -0.1) is 11.3 Å². The van der Waals surface area contributed by atoms with E-state index in [0.717, 1.165) is 21.7 Å². The van der Waals surface area contributed by atoms with Crippen molar-refractivity contribution in [3.63, 3.8) is 0 Å². The standard InChI is InChI=1S/C10H8BN3S2/c11-7-5-14(15)9-6(7)1-2-8(13-9)10-12-3-4-16-10/h1-5,15H,11H2. The zero-order valence-electron chi connectivity index (χ0n) is 8.58. The number of nitrogens with zero attached hydrogens (tertiary/aromatic N) is 3. The lowest BCUT2D eigenvalue weighted by molar-refractivity contribution is 1.26. The van der Waals surface area contributed by atoms with Gasteiger partial charge in [0.15, 0.2) is 0 Å². The van der Waals surface area contributed by atoms with Crippen LogP contribution < -0.4 is 5.46 Å². The molecule has 0 aliphatic heterocycles. The molecule has 0 amide bonds. The first kappa shape index (κ1) is 9.93. The maximum atomic E-state index is 4.57. The average Bonchev–Trinajstić information content (AvgIpc) is 2.88. The first-order valence-corrected chi connectivity index (χ1v) is 6.11. The number of thiazole rings is 1. The minimum absolute atomic E-state index is 0.883. The topological polar surface area (TPSA) is 30.7 Å². The molecule has 0 radical (unpaired) electrons. The molecule has 3 nitrogen and oxygen atoms in total. The predicted molar refractivity (Wildman–Crippen MR) is 73.4 cm³/mol. The van der Waals surface area contributed by atoms with Crippen molar-refractivity contribution in [2.75, 3.05) is 0 Å². The zero-order valence-corrected chi connectivity index (χ0v) is 10.3. The minimum Gasteiger partial charge on any atom is -0.278 e. The summed E-state index contributed by atoms with van der Waals surface area (Å²) in [6.07, 6.45) is 3.75. The van der Waals surface area contributed by atoms with Gasteiger partial charge in [0.25, 0.3) is 0 Å². The van der Waals surface area contributed by atoms with E-state index in [4.69, 9.17) is 0 Å². The average molecular weight is 245 g/mol. The molecule has 78 valence electrons. The van der Waals surface area contributed by atoms with Crippen LogP contribution in [-0.4, -0.2) is 21.8 Å². The van der Waals surface area contributed by atoms with Crippen LogP contribution in [0.1, 0.15) is 0 Å². The fraction of sp³-hybridized carbons (Fsp3) is 0. The van der Waals surface area contributed by atoms with Gasteiger partial charge in [0.1, 0.15) is 24.2 Å². The van der Waals surface area contributed by atoms with Crippen LogP contribution in [0.2, 0.25) is 0 Å². The van der Waals surface area contributed by atoms with E-state index in [1.54, 1.807) is 21.5 Å². The van der Waals surface area contributed by atoms with E-state index >= 15 is 0 Å². The van der Waals surface area contributed by atoms with Crippen molar-refractivity contribution in [1.29, 1.82) is 0 Å². The van der Waals surface area contributed by atoms with E-state index in [1.807, 2.05) is 17.6 Å². The van der Waals surface area contributed by atoms with Crippen molar-refractivity contribution in [2.45, 2.75) is 0 Å². The number of thiol groups is 1. The first-order chi connectivity index (χ1) is 7.75. The Kier molecular flexibility index (Phi) is 2.26. The molecule has 3 rings (SSSR count). The second kappa shape index (κ2) is 3.64. The number of fused-ring (bicyclic) bond motifs is 1. The summed E-state index contributed by atoms with van der Waals surface area (Å²) in [7, 11) is 2.06. The fourth-order valence-electron chi connectivity index (χ4n) is 1.71. The van der Waals surface area contributed by atoms with Crippen molar-refractivity contribution >= 4 is 48.5 Å². The third kappa shape index (κ3) is 1.45. The highest BCUT2D eigenvalue weighted by molar-refractivity contribution is 7.78. The second-order valence-corrected chi connectivity index (χ2v) is 4.89. The number of rotatable bonds is 1. The Balaban J connectivity index is 2.27. The van der Waals surface area contributed by atoms with Crippen LogP contribution in [0.25, 0.3) is 21.7 Å². The third-order valence-electron chi connectivity index (χ3n) is 2.48. The van der Waals surface area contributed by atoms with Crippen molar-refractivity contribution in [2.24, 2.45) is 0 Å². The van der Waals surface area contributed by atoms with Gasteiger partial charge in [0.05, 0.1) is 0 Å². The van der Waals surface area contributed by atoms with Crippen LogP contribution in [0.5, 0.6) is 0 Å². The molecular weight excluding hydrogens is 237 g/mol. The zero-order chi connectivity index (χ0) is 11.1. The van der Waals surface area contributed by atoms with E-state index in [9.17, 15) is 0 Å². The van der Waals surface area contributed by atoms with E-state index < -0.39 is 0 Å². The van der Waals surface area contributed by atoms with Crippen LogP contribution >= 0.6 is 24.2 Å². The molecule has 0 atom stereocenters. The maximum absolute atomic E-state index is 4.57. The van der Waals surface area contributed by atoms with Crippen LogP contribution in [-0.2, 0) is 0 Å². The van der Waals surface area contributed by atoms with Crippen LogP contribution in [0, 0.1) is 0 Å². The molecule has 0 aliphatic rings. The minimum atomic E-state index is 0.883. The summed E-state index contributed by atoms with van der Waals surface area (Å²) in [5, 5.41) is 4.02. The molecule has 0 saturated heterocycles. The summed E-state index contributed by atoms with van der Waals surface area (Å²) in [6, 6.07) is 4.07. The molecule has 3 aromatic heterocycles. The highest BCUT2D eigenvalue weighted by Gasteiger charge is 2.08. The lowest BCUT2D eigenvalue weighted by Crippen LogP contribution is -1.97. The normalized spacial score (nSPS) is 11.1. The summed E-state index contributed by atoms with van der Waals surface area (Å²) in [4.78, 5) is 8.82. The predicted octanol–water partition coefficient (Wildman–Crippen LogP) is 1.11. The molecule has 3 aromatic rings. The Labute approximate surface area is 103 Å². The van der Waals surface area contributed by atoms with Crippen molar-refractivity contribution in [3.05, 3.63) is 29.9 Å². The van der Waals surface area contributed by atoms with Crippen molar-refractivity contribution < 1.29 is 0 Å². The lowest BCUT2D eigenvalue weighted by atomic mass is 9.97. The Hall–Kier alpha value is -1.27. The Morgan fingerprint density at radius 1 is 1.38 bits per heavy atom. The van der Waals surface area contributed by atoms with Gasteiger partial charge in [-0.25, -0.2) is 9.97 Å². The van der Waals surface area contributed by atoms with Gasteiger partial charge in [-0.2, -0.15) is 0 Å². The highest BCUT2D eigenvalue weighted by Crippen LogP contribution is 2.22. The van der Waals surface area contributed by atoms with E-state index in [0.29, 0.717) is 0 Å². The Morgan fingerprint density at radius 3 is 3.00 bits per heavy atom. The summed E-state index contributed by atoms with van der Waals surface area (Å²) in [5.74, 6) is 0. The van der Waals surface area contributed by atoms with Gasteiger partial charge in [-0.1, -0.05) is 18.3 Å². The molecule has 0 spiro atoms. The molecule has 0 aromatic carbocycles. The summed E-state index contributed by atoms with van der Waals surface area (Å²) >= 11 is 5.94. The van der Waals surface area contributed by atoms with E-state index in [2.05, 4.69) is 36.7 Å². The molecular formula is C10H8BN3S2. The van der Waals surface area contributed by atoms with Crippen molar-refractivity contribution in [1.82, 2.24) is 13.9 Å². The molecule has 0 fully saturated rings. The monoisotopic (exact) mass is 245 g/mol. The largest absolute Gasteiger partial charge is 0.278 e. The summed E-state index contributed by atoms with van der Waals surface area (Å²) in [6.45, 7) is 0. The molecule has 6 heteroatoms. The van der Waals surface area contributed by atoms with E-state index in [-0.39, 0.29) is 0 Å². The van der Waals surface area contributed by atoms with Gasteiger partial charge in [-0.3, -0.25) is 3.97 Å². The highest BCUT2D eigenvalue weighted by atomic mass is 32.1. The number of pyridine rings is 1. The molecule has 0 bridgehead atoms. The maximum Gasteiger partial charge on any atom is 0.149 e. The summed E-state index contributed by atoms with van der Waals surface area (Å²) < 4.78 is 1.75. The molecule has 0 N–H and O–H groups in total. The smallest absolute Gasteiger partial charge is 0.149 e. The van der Waals surface area contributed by atoms with Crippen LogP contribution in [0.4, 0.5) is 0 Å². The van der Waals surface area contributed by atoms with Gasteiger partial charge < -0.3 is 0 Å². The van der Waals surface area contributed by atoms with Crippen LogP contribution in [0.15, 0.2) is 29.9 Å². The Bertz CT molecular complexity index is 645. The lowest BCUT2D eigenvalue weighted by Gasteiger charge is -1.98. The SMILES string of the molecule is Bc1cn(S)c2nc(-c3nccs3)ccc12.